The summed E-state index contributed by atoms with van der Waals surface area (Å²) in [6.45, 7) is 2.53. The number of rotatable bonds is 7. The quantitative estimate of drug-likeness (QED) is 0.721. The van der Waals surface area contributed by atoms with Crippen molar-refractivity contribution >= 4 is 5.91 Å². The Hall–Kier alpha value is -2.54. The third-order valence-electron chi connectivity index (χ3n) is 5.63. The lowest BCUT2D eigenvalue weighted by Crippen LogP contribution is -3.13. The third-order valence-corrected chi connectivity index (χ3v) is 5.63. The summed E-state index contributed by atoms with van der Waals surface area (Å²) in [5, 5.41) is 2.94. The second kappa shape index (κ2) is 9.98. The summed E-state index contributed by atoms with van der Waals surface area (Å²) in [6.07, 6.45) is -0.959. The standard InChI is InChI=1S/C23H27F3N2O2/c1-30-20-10-8-18(9-11-20)21(28-12-3-2-4-13-28)16-27-22(29)15-17-6-5-7-19(14-17)23(24,25)26/h5-11,14,21H,2-4,12-13,15-16H2,1H3,(H,27,29)/p+1/t21-/m1/s1. The van der Waals surface area contributed by atoms with Crippen LogP contribution in [-0.4, -0.2) is 32.7 Å². The van der Waals surface area contributed by atoms with Gasteiger partial charge in [-0.05, 0) is 55.2 Å². The molecule has 7 heteroatoms. The molecule has 1 saturated heterocycles. The van der Waals surface area contributed by atoms with Crippen molar-refractivity contribution in [3.63, 3.8) is 0 Å². The fraction of sp³-hybridized carbons (Fsp3) is 0.435. The molecule has 3 rings (SSSR count). The molecule has 2 aromatic carbocycles. The maximum atomic E-state index is 12.9. The fourth-order valence-electron chi connectivity index (χ4n) is 4.01. The van der Waals surface area contributed by atoms with Crippen LogP contribution in [-0.2, 0) is 17.4 Å². The highest BCUT2D eigenvalue weighted by atomic mass is 19.4. The van der Waals surface area contributed by atoms with Gasteiger partial charge in [-0.25, -0.2) is 0 Å². The minimum atomic E-state index is -4.41. The summed E-state index contributed by atoms with van der Waals surface area (Å²) in [5.41, 5.74) is 0.738. The highest BCUT2D eigenvalue weighted by Gasteiger charge is 2.30. The van der Waals surface area contributed by atoms with Crippen LogP contribution in [0.25, 0.3) is 0 Å². The fourth-order valence-corrected chi connectivity index (χ4v) is 4.01. The van der Waals surface area contributed by atoms with Gasteiger partial charge in [-0.15, -0.1) is 0 Å². The van der Waals surface area contributed by atoms with Crippen molar-refractivity contribution in [2.75, 3.05) is 26.7 Å². The molecular formula is C23H28F3N2O2+. The molecule has 1 aliphatic rings. The Balaban J connectivity index is 1.66. The molecule has 162 valence electrons. The average Bonchev–Trinajstić information content (AvgIpc) is 2.75. The molecule has 0 aromatic heterocycles. The average molecular weight is 421 g/mol. The maximum Gasteiger partial charge on any atom is 0.416 e. The predicted molar refractivity (Wildman–Crippen MR) is 108 cm³/mol. The molecular weight excluding hydrogens is 393 g/mol. The molecule has 0 spiro atoms. The second-order valence-corrected chi connectivity index (χ2v) is 7.72. The lowest BCUT2D eigenvalue weighted by Gasteiger charge is -2.32. The number of quaternary nitrogens is 1. The van der Waals surface area contributed by atoms with Gasteiger partial charge in [0.2, 0.25) is 5.91 Å². The smallest absolute Gasteiger partial charge is 0.416 e. The van der Waals surface area contributed by atoms with E-state index in [-0.39, 0.29) is 18.4 Å². The van der Waals surface area contributed by atoms with E-state index in [1.54, 1.807) is 13.2 Å². The van der Waals surface area contributed by atoms with Crippen LogP contribution in [0.2, 0.25) is 0 Å². The molecule has 2 N–H and O–H groups in total. The van der Waals surface area contributed by atoms with Crippen LogP contribution in [0, 0.1) is 0 Å². The number of amides is 1. The highest BCUT2D eigenvalue weighted by molar-refractivity contribution is 5.78. The van der Waals surface area contributed by atoms with E-state index in [1.165, 1.54) is 17.4 Å². The number of ether oxygens (including phenoxy) is 1. The molecule has 0 aliphatic carbocycles. The minimum absolute atomic E-state index is 0.0748. The Kier molecular flexibility index (Phi) is 7.37. The number of methoxy groups -OCH3 is 1. The molecule has 0 radical (unpaired) electrons. The van der Waals surface area contributed by atoms with Crippen LogP contribution in [0.3, 0.4) is 0 Å². The van der Waals surface area contributed by atoms with E-state index >= 15 is 0 Å². The summed E-state index contributed by atoms with van der Waals surface area (Å²) in [5.74, 6) is 0.504. The van der Waals surface area contributed by atoms with E-state index in [0.717, 1.165) is 49.4 Å². The van der Waals surface area contributed by atoms with Gasteiger partial charge >= 0.3 is 6.18 Å². The zero-order valence-electron chi connectivity index (χ0n) is 17.1. The topological polar surface area (TPSA) is 42.8 Å². The molecule has 0 unspecified atom stereocenters. The van der Waals surface area contributed by atoms with Crippen molar-refractivity contribution in [2.24, 2.45) is 0 Å². The van der Waals surface area contributed by atoms with Crippen molar-refractivity contribution in [1.29, 1.82) is 0 Å². The molecule has 1 aliphatic heterocycles. The molecule has 1 heterocycles. The first kappa shape index (κ1) is 22.2. The second-order valence-electron chi connectivity index (χ2n) is 7.72. The zero-order valence-corrected chi connectivity index (χ0v) is 17.1. The van der Waals surface area contributed by atoms with Crippen LogP contribution in [0.5, 0.6) is 5.75 Å². The number of nitrogens with one attached hydrogen (secondary N) is 2. The number of halogens is 3. The number of likely N-dealkylation sites (tertiary alicyclic amines) is 1. The van der Waals surface area contributed by atoms with Crippen molar-refractivity contribution in [1.82, 2.24) is 5.32 Å². The molecule has 1 fully saturated rings. The monoisotopic (exact) mass is 421 g/mol. The van der Waals surface area contributed by atoms with Crippen molar-refractivity contribution in [3.05, 3.63) is 65.2 Å². The largest absolute Gasteiger partial charge is 0.497 e. The van der Waals surface area contributed by atoms with E-state index in [4.69, 9.17) is 4.74 Å². The molecule has 30 heavy (non-hydrogen) atoms. The summed E-state index contributed by atoms with van der Waals surface area (Å²) >= 11 is 0. The van der Waals surface area contributed by atoms with Crippen molar-refractivity contribution in [3.8, 4) is 5.75 Å². The van der Waals surface area contributed by atoms with Gasteiger partial charge in [0.1, 0.15) is 11.8 Å². The van der Waals surface area contributed by atoms with Crippen LogP contribution < -0.4 is 15.0 Å². The van der Waals surface area contributed by atoms with Gasteiger partial charge in [0.15, 0.2) is 0 Å². The third kappa shape index (κ3) is 5.98. The van der Waals surface area contributed by atoms with E-state index in [1.807, 2.05) is 24.3 Å². The van der Waals surface area contributed by atoms with E-state index in [2.05, 4.69) is 5.32 Å². The zero-order chi connectivity index (χ0) is 21.6. The lowest BCUT2D eigenvalue weighted by atomic mass is 10.0. The van der Waals surface area contributed by atoms with Gasteiger partial charge < -0.3 is 15.0 Å². The number of benzene rings is 2. The van der Waals surface area contributed by atoms with Gasteiger partial charge in [-0.1, -0.05) is 18.2 Å². The Morgan fingerprint density at radius 1 is 1.10 bits per heavy atom. The van der Waals surface area contributed by atoms with Crippen LogP contribution in [0.15, 0.2) is 48.5 Å². The van der Waals surface area contributed by atoms with Crippen LogP contribution in [0.4, 0.5) is 13.2 Å². The number of alkyl halides is 3. The highest BCUT2D eigenvalue weighted by Crippen LogP contribution is 2.29. The van der Waals surface area contributed by atoms with Crippen LogP contribution in [0.1, 0.15) is 42.0 Å². The number of hydrogen-bond donors (Lipinski definition) is 2. The lowest BCUT2D eigenvalue weighted by molar-refractivity contribution is -0.935. The summed E-state index contributed by atoms with van der Waals surface area (Å²) in [7, 11) is 1.62. The SMILES string of the molecule is COc1ccc([C@@H](CNC(=O)Cc2cccc(C(F)(F)F)c2)[NH+]2CCCCC2)cc1. The van der Waals surface area contributed by atoms with Gasteiger partial charge in [-0.3, -0.25) is 4.79 Å². The maximum absolute atomic E-state index is 12.9. The minimum Gasteiger partial charge on any atom is -0.497 e. The van der Waals surface area contributed by atoms with E-state index in [0.29, 0.717) is 12.1 Å². The summed E-state index contributed by atoms with van der Waals surface area (Å²) in [6, 6.07) is 12.9. The molecule has 0 bridgehead atoms. The first-order valence-corrected chi connectivity index (χ1v) is 10.3. The molecule has 1 atom stereocenters. The Morgan fingerprint density at radius 2 is 1.80 bits per heavy atom. The van der Waals surface area contributed by atoms with E-state index in [9.17, 15) is 18.0 Å². The Bertz CT molecular complexity index is 831. The van der Waals surface area contributed by atoms with Crippen molar-refractivity contribution in [2.45, 2.75) is 37.9 Å². The predicted octanol–water partition coefficient (Wildman–Crippen LogP) is 3.18. The molecule has 2 aromatic rings. The summed E-state index contributed by atoms with van der Waals surface area (Å²) in [4.78, 5) is 13.9. The van der Waals surface area contributed by atoms with Gasteiger partial charge in [-0.2, -0.15) is 13.2 Å². The number of hydrogen-bond acceptors (Lipinski definition) is 2. The number of carbonyl (C=O) groups is 1. The first-order chi connectivity index (χ1) is 14.4. The van der Waals surface area contributed by atoms with Gasteiger partial charge in [0.05, 0.1) is 38.7 Å². The Labute approximate surface area is 175 Å². The molecule has 1 amide bonds. The number of piperidine rings is 1. The normalized spacial score (nSPS) is 16.1. The van der Waals surface area contributed by atoms with Crippen molar-refractivity contribution < 1.29 is 27.6 Å². The molecule has 4 nitrogen and oxygen atoms in total. The summed E-state index contributed by atoms with van der Waals surface area (Å²) < 4.78 is 43.9. The number of carbonyl (C=O) groups excluding carboxylic acids is 1. The van der Waals surface area contributed by atoms with Gasteiger partial charge in [0.25, 0.3) is 0 Å². The molecule has 0 saturated carbocycles. The van der Waals surface area contributed by atoms with Crippen LogP contribution >= 0.6 is 0 Å². The Morgan fingerprint density at radius 3 is 2.43 bits per heavy atom. The first-order valence-electron chi connectivity index (χ1n) is 10.3. The van der Waals surface area contributed by atoms with Gasteiger partial charge in [0, 0.05) is 5.56 Å². The van der Waals surface area contributed by atoms with E-state index < -0.39 is 11.7 Å².